The highest BCUT2D eigenvalue weighted by atomic mass is 16.4. The second kappa shape index (κ2) is 3.13. The van der Waals surface area contributed by atoms with Gasteiger partial charge in [0.15, 0.2) is 0 Å². The van der Waals surface area contributed by atoms with E-state index in [9.17, 15) is 4.79 Å². The lowest BCUT2D eigenvalue weighted by atomic mass is 9.95. The molecule has 0 aromatic carbocycles. The van der Waals surface area contributed by atoms with Crippen LogP contribution in [0.5, 0.6) is 0 Å². The molecule has 3 nitrogen and oxygen atoms in total. The molecule has 0 aromatic heterocycles. The molecule has 0 unspecified atom stereocenters. The molecular formula is C10H15NO2. The number of carboxylic acid groups (broad SMARTS) is 1. The Morgan fingerprint density at radius 2 is 2.23 bits per heavy atom. The maximum atomic E-state index is 10.3. The number of hydrogen-bond acceptors (Lipinski definition) is 2. The third kappa shape index (κ3) is 1.74. The molecule has 2 aliphatic rings. The minimum absolute atomic E-state index is 0.0758. The number of carboxylic acids is 1. The molecule has 0 heterocycles. The third-order valence-electron chi connectivity index (χ3n) is 3.34. The van der Waals surface area contributed by atoms with Gasteiger partial charge < -0.3 is 5.11 Å². The van der Waals surface area contributed by atoms with Crippen molar-refractivity contribution < 1.29 is 9.90 Å². The molecule has 2 fully saturated rings. The number of nitrogens with zero attached hydrogens (tertiary/aromatic N) is 1. The number of carbonyl (C=O) groups is 1. The second-order valence-electron chi connectivity index (χ2n) is 4.28. The molecule has 0 aliphatic heterocycles. The molecule has 13 heavy (non-hydrogen) atoms. The van der Waals surface area contributed by atoms with Crippen LogP contribution in [0, 0.1) is 5.92 Å². The Morgan fingerprint density at radius 3 is 2.69 bits per heavy atom. The van der Waals surface area contributed by atoms with Crippen LogP contribution in [0.15, 0.2) is 4.99 Å². The topological polar surface area (TPSA) is 49.7 Å². The molecule has 0 spiro atoms. The van der Waals surface area contributed by atoms with Crippen molar-refractivity contribution in [2.24, 2.45) is 10.9 Å². The number of aliphatic carboxylic acids is 1. The van der Waals surface area contributed by atoms with Gasteiger partial charge in [0.1, 0.15) is 0 Å². The zero-order chi connectivity index (χ0) is 9.31. The maximum absolute atomic E-state index is 10.3. The van der Waals surface area contributed by atoms with Crippen LogP contribution >= 0.6 is 0 Å². The van der Waals surface area contributed by atoms with Crippen LogP contribution in [0.2, 0.25) is 0 Å². The Bertz CT molecular complexity index is 239. The Balaban J connectivity index is 1.93. The van der Waals surface area contributed by atoms with Crippen molar-refractivity contribution in [2.45, 2.75) is 44.1 Å². The summed E-state index contributed by atoms with van der Waals surface area (Å²) < 4.78 is 0. The standard InChI is InChI=1S/C10H15NO2/c12-9(13)3-6-11-10-4-1-8(7-10)2-5-10/h6,8H,1-5,7H2,(H,12,13). The minimum atomic E-state index is -0.785. The Hall–Kier alpha value is -0.860. The summed E-state index contributed by atoms with van der Waals surface area (Å²) in [4.78, 5) is 14.7. The lowest BCUT2D eigenvalue weighted by molar-refractivity contribution is -0.135. The SMILES string of the molecule is O=C(O)CC=NC12CCC(CC1)C2. The molecule has 0 radical (unpaired) electrons. The summed E-state index contributed by atoms with van der Waals surface area (Å²) in [5.41, 5.74) is 0.153. The minimum Gasteiger partial charge on any atom is -0.481 e. The zero-order valence-electron chi connectivity index (χ0n) is 7.70. The molecular weight excluding hydrogens is 166 g/mol. The van der Waals surface area contributed by atoms with Crippen molar-refractivity contribution in [3.63, 3.8) is 0 Å². The average Bonchev–Trinajstić information content (AvgIpc) is 2.62. The summed E-state index contributed by atoms with van der Waals surface area (Å²) in [6.07, 6.45) is 7.81. The van der Waals surface area contributed by atoms with Gasteiger partial charge >= 0.3 is 5.97 Å². The van der Waals surface area contributed by atoms with Crippen molar-refractivity contribution in [1.82, 2.24) is 0 Å². The summed E-state index contributed by atoms with van der Waals surface area (Å²) in [5.74, 6) is 0.0923. The van der Waals surface area contributed by atoms with Crippen LogP contribution in [-0.2, 0) is 4.79 Å². The predicted molar refractivity (Wildman–Crippen MR) is 50.1 cm³/mol. The quantitative estimate of drug-likeness (QED) is 0.675. The van der Waals surface area contributed by atoms with E-state index >= 15 is 0 Å². The van der Waals surface area contributed by atoms with Gasteiger partial charge in [-0.1, -0.05) is 0 Å². The fraction of sp³-hybridized carbons (Fsp3) is 0.800. The van der Waals surface area contributed by atoms with Crippen molar-refractivity contribution >= 4 is 12.2 Å². The van der Waals surface area contributed by atoms with Crippen LogP contribution in [0.1, 0.15) is 38.5 Å². The first-order chi connectivity index (χ1) is 6.20. The monoisotopic (exact) mass is 181 g/mol. The third-order valence-corrected chi connectivity index (χ3v) is 3.34. The average molecular weight is 181 g/mol. The molecule has 72 valence electrons. The van der Waals surface area contributed by atoms with Crippen molar-refractivity contribution in [2.75, 3.05) is 0 Å². The van der Waals surface area contributed by atoms with E-state index in [1.807, 2.05) is 0 Å². The van der Waals surface area contributed by atoms with Gasteiger partial charge in [-0.2, -0.15) is 0 Å². The Morgan fingerprint density at radius 1 is 1.54 bits per heavy atom. The van der Waals surface area contributed by atoms with Crippen LogP contribution in [0.25, 0.3) is 0 Å². The van der Waals surface area contributed by atoms with Crippen molar-refractivity contribution in [3.8, 4) is 0 Å². The first-order valence-corrected chi connectivity index (χ1v) is 4.96. The number of rotatable bonds is 3. The number of fused-ring (bicyclic) bond motifs is 2. The summed E-state index contributed by atoms with van der Waals surface area (Å²) in [6, 6.07) is 0. The highest BCUT2D eigenvalue weighted by molar-refractivity contribution is 5.84. The number of hydrogen-bond donors (Lipinski definition) is 1. The molecule has 0 amide bonds. The fourth-order valence-corrected chi connectivity index (χ4v) is 2.66. The first-order valence-electron chi connectivity index (χ1n) is 4.96. The molecule has 0 saturated heterocycles. The lowest BCUT2D eigenvalue weighted by Gasteiger charge is -2.20. The van der Waals surface area contributed by atoms with Crippen molar-refractivity contribution in [1.29, 1.82) is 0 Å². The highest BCUT2D eigenvalue weighted by Gasteiger charge is 2.44. The van der Waals surface area contributed by atoms with E-state index < -0.39 is 5.97 Å². The summed E-state index contributed by atoms with van der Waals surface area (Å²) in [7, 11) is 0. The van der Waals surface area contributed by atoms with Gasteiger partial charge in [0.05, 0.1) is 12.0 Å². The van der Waals surface area contributed by atoms with Gasteiger partial charge in [0.2, 0.25) is 0 Å². The molecule has 2 bridgehead atoms. The Kier molecular flexibility index (Phi) is 2.10. The summed E-state index contributed by atoms with van der Waals surface area (Å²) in [5, 5.41) is 8.46. The van der Waals surface area contributed by atoms with Crippen LogP contribution in [-0.4, -0.2) is 22.8 Å². The normalized spacial score (nSPS) is 37.4. The first kappa shape index (κ1) is 8.73. The van der Waals surface area contributed by atoms with Gasteiger partial charge in [0.25, 0.3) is 0 Å². The summed E-state index contributed by atoms with van der Waals surface area (Å²) >= 11 is 0. The fourth-order valence-electron chi connectivity index (χ4n) is 2.66. The van der Waals surface area contributed by atoms with Crippen LogP contribution in [0.4, 0.5) is 0 Å². The molecule has 2 saturated carbocycles. The van der Waals surface area contributed by atoms with Gasteiger partial charge in [-0.25, -0.2) is 0 Å². The molecule has 0 atom stereocenters. The molecule has 2 rings (SSSR count). The van der Waals surface area contributed by atoms with E-state index in [1.165, 1.54) is 32.1 Å². The van der Waals surface area contributed by atoms with Gasteiger partial charge in [-0.15, -0.1) is 0 Å². The van der Waals surface area contributed by atoms with E-state index in [-0.39, 0.29) is 12.0 Å². The van der Waals surface area contributed by atoms with E-state index in [0.717, 1.165) is 5.92 Å². The second-order valence-corrected chi connectivity index (χ2v) is 4.28. The zero-order valence-corrected chi connectivity index (χ0v) is 7.70. The van der Waals surface area contributed by atoms with Crippen molar-refractivity contribution in [3.05, 3.63) is 0 Å². The summed E-state index contributed by atoms with van der Waals surface area (Å²) in [6.45, 7) is 0. The maximum Gasteiger partial charge on any atom is 0.308 e. The largest absolute Gasteiger partial charge is 0.481 e. The van der Waals surface area contributed by atoms with E-state index in [1.54, 1.807) is 6.21 Å². The van der Waals surface area contributed by atoms with Gasteiger partial charge in [-0.3, -0.25) is 9.79 Å². The van der Waals surface area contributed by atoms with E-state index in [0.29, 0.717) is 0 Å². The van der Waals surface area contributed by atoms with E-state index in [2.05, 4.69) is 4.99 Å². The van der Waals surface area contributed by atoms with E-state index in [4.69, 9.17) is 5.11 Å². The molecule has 2 aliphatic carbocycles. The Labute approximate surface area is 77.9 Å². The lowest BCUT2D eigenvalue weighted by Crippen LogP contribution is -2.19. The van der Waals surface area contributed by atoms with Crippen LogP contribution in [0.3, 0.4) is 0 Å². The smallest absolute Gasteiger partial charge is 0.308 e. The number of aliphatic imine (C=N–C) groups is 1. The highest BCUT2D eigenvalue weighted by Crippen LogP contribution is 2.49. The van der Waals surface area contributed by atoms with Crippen LogP contribution < -0.4 is 0 Å². The molecule has 0 aromatic rings. The van der Waals surface area contributed by atoms with Gasteiger partial charge in [0, 0.05) is 6.21 Å². The van der Waals surface area contributed by atoms with Gasteiger partial charge in [-0.05, 0) is 38.0 Å². The molecule has 3 heteroatoms. The molecule has 1 N–H and O–H groups in total. The predicted octanol–water partition coefficient (Wildman–Crippen LogP) is 1.86.